The van der Waals surface area contributed by atoms with Gasteiger partial charge in [-0.3, -0.25) is 0 Å². The van der Waals surface area contributed by atoms with Crippen molar-refractivity contribution in [2.45, 2.75) is 32.1 Å². The second-order valence-corrected chi connectivity index (χ2v) is 12.6. The van der Waals surface area contributed by atoms with Gasteiger partial charge in [0.2, 0.25) is 0 Å². The first-order valence-electron chi connectivity index (χ1n) is 15.1. The molecule has 0 radical (unpaired) electrons. The van der Waals surface area contributed by atoms with Crippen molar-refractivity contribution in [1.29, 1.82) is 0 Å². The topological polar surface area (TPSA) is 0 Å². The fraction of sp³-hybridized carbons (Fsp3) is 0.122. The van der Waals surface area contributed by atoms with Gasteiger partial charge in [0.1, 0.15) is 0 Å². The van der Waals surface area contributed by atoms with Crippen molar-refractivity contribution in [1.82, 2.24) is 0 Å². The van der Waals surface area contributed by atoms with Gasteiger partial charge in [-0.15, -0.1) is 11.3 Å². The zero-order valence-corrected chi connectivity index (χ0v) is 24.8. The van der Waals surface area contributed by atoms with Crippen molar-refractivity contribution in [3.63, 3.8) is 0 Å². The van der Waals surface area contributed by atoms with E-state index in [-0.39, 0.29) is 5.41 Å². The van der Waals surface area contributed by atoms with E-state index in [1.165, 1.54) is 75.8 Å². The summed E-state index contributed by atoms with van der Waals surface area (Å²) in [6, 6.07) is 49.7. The molecule has 0 N–H and O–H groups in total. The minimum Gasteiger partial charge on any atom is -0.135 e. The van der Waals surface area contributed by atoms with Crippen LogP contribution in [0.5, 0.6) is 0 Å². The highest BCUT2D eigenvalue weighted by atomic mass is 32.1. The predicted octanol–water partition coefficient (Wildman–Crippen LogP) is 12.1. The first-order chi connectivity index (χ1) is 20.7. The Labute approximate surface area is 251 Å². The van der Waals surface area contributed by atoms with Crippen molar-refractivity contribution in [3.05, 3.63) is 145 Å². The minimum atomic E-state index is 0.0539. The van der Waals surface area contributed by atoms with E-state index in [9.17, 15) is 0 Å². The summed E-state index contributed by atoms with van der Waals surface area (Å²) in [5.74, 6) is 0. The van der Waals surface area contributed by atoms with Crippen LogP contribution in [-0.2, 0) is 5.41 Å². The molecular weight excluding hydrogens is 525 g/mol. The molecule has 0 aliphatic heterocycles. The molecule has 7 aromatic rings. The van der Waals surface area contributed by atoms with Gasteiger partial charge in [0, 0.05) is 20.7 Å². The van der Waals surface area contributed by atoms with E-state index in [1.807, 2.05) is 11.3 Å². The largest absolute Gasteiger partial charge is 0.135 e. The molecule has 0 saturated carbocycles. The third-order valence-corrected chi connectivity index (χ3v) is 10.8. The predicted molar refractivity (Wildman–Crippen MR) is 182 cm³/mol. The van der Waals surface area contributed by atoms with E-state index in [0.717, 1.165) is 12.8 Å². The Kier molecular flexibility index (Phi) is 5.91. The Morgan fingerprint density at radius 1 is 0.452 bits per heavy atom. The molecule has 202 valence electrons. The van der Waals surface area contributed by atoms with Gasteiger partial charge in [-0.1, -0.05) is 129 Å². The molecule has 0 nitrogen and oxygen atoms in total. The van der Waals surface area contributed by atoms with Crippen molar-refractivity contribution in [2.24, 2.45) is 0 Å². The maximum Gasteiger partial charge on any atom is 0.0361 e. The molecule has 1 aliphatic carbocycles. The van der Waals surface area contributed by atoms with Crippen LogP contribution in [0.4, 0.5) is 0 Å². The quantitative estimate of drug-likeness (QED) is 0.185. The second kappa shape index (κ2) is 9.82. The molecule has 0 spiro atoms. The van der Waals surface area contributed by atoms with E-state index >= 15 is 0 Å². The van der Waals surface area contributed by atoms with Crippen molar-refractivity contribution in [2.75, 3.05) is 0 Å². The van der Waals surface area contributed by atoms with Crippen LogP contribution in [0.3, 0.4) is 0 Å². The number of thiophene rings is 1. The van der Waals surface area contributed by atoms with Gasteiger partial charge >= 0.3 is 0 Å². The monoisotopic (exact) mass is 556 g/mol. The minimum absolute atomic E-state index is 0.0539. The van der Waals surface area contributed by atoms with Crippen LogP contribution >= 0.6 is 11.3 Å². The summed E-state index contributed by atoms with van der Waals surface area (Å²) in [6.07, 6.45) is 2.19. The standard InChI is InChI=1S/C41H32S/c1-3-41(4-2)35-21-13-12-16-29(35)30-23-22-28(26-36(30)41)39-31-17-8-10-19-33(31)40(34-20-11-9-18-32(34)39)38-25-24-37(42-38)27-14-6-5-7-15-27/h5-26H,3-4H2,1-2H3. The van der Waals surface area contributed by atoms with Crippen molar-refractivity contribution >= 4 is 32.9 Å². The zero-order chi connectivity index (χ0) is 28.3. The highest BCUT2D eigenvalue weighted by Gasteiger charge is 2.40. The Morgan fingerprint density at radius 2 is 1.00 bits per heavy atom. The van der Waals surface area contributed by atoms with Gasteiger partial charge in [0.15, 0.2) is 0 Å². The van der Waals surface area contributed by atoms with E-state index < -0.39 is 0 Å². The van der Waals surface area contributed by atoms with Crippen LogP contribution in [0.25, 0.3) is 64.7 Å². The SMILES string of the molecule is CCC1(CC)c2ccccc2-c2ccc(-c3c4ccccc4c(-c4ccc(-c5ccccc5)s4)c4ccccc34)cc21. The molecular formula is C41H32S. The number of rotatable bonds is 5. The summed E-state index contributed by atoms with van der Waals surface area (Å²) in [7, 11) is 0. The van der Waals surface area contributed by atoms with Crippen LogP contribution in [-0.4, -0.2) is 0 Å². The zero-order valence-electron chi connectivity index (χ0n) is 24.0. The van der Waals surface area contributed by atoms with Crippen LogP contribution in [0.15, 0.2) is 133 Å². The Bertz CT molecular complexity index is 2050. The lowest BCUT2D eigenvalue weighted by Crippen LogP contribution is -2.23. The van der Waals surface area contributed by atoms with E-state index in [0.29, 0.717) is 0 Å². The van der Waals surface area contributed by atoms with E-state index in [4.69, 9.17) is 0 Å². The lowest BCUT2D eigenvalue weighted by molar-refractivity contribution is 0.490. The highest BCUT2D eigenvalue weighted by molar-refractivity contribution is 7.19. The Morgan fingerprint density at radius 3 is 1.67 bits per heavy atom. The Hall–Kier alpha value is -4.46. The highest BCUT2D eigenvalue weighted by Crippen LogP contribution is 2.54. The molecule has 1 heteroatoms. The summed E-state index contributed by atoms with van der Waals surface area (Å²) in [5.41, 5.74) is 11.1. The molecule has 1 aromatic heterocycles. The van der Waals surface area contributed by atoms with Gasteiger partial charge in [-0.05, 0) is 91.5 Å². The molecule has 8 rings (SSSR count). The second-order valence-electron chi connectivity index (χ2n) is 11.5. The number of hydrogen-bond donors (Lipinski definition) is 0. The number of fused-ring (bicyclic) bond motifs is 5. The van der Waals surface area contributed by atoms with Gasteiger partial charge < -0.3 is 0 Å². The molecule has 0 amide bonds. The number of benzene rings is 6. The smallest absolute Gasteiger partial charge is 0.0361 e. The normalized spacial score (nSPS) is 13.4. The maximum absolute atomic E-state index is 2.52. The van der Waals surface area contributed by atoms with Crippen LogP contribution in [0.1, 0.15) is 37.8 Å². The van der Waals surface area contributed by atoms with Gasteiger partial charge in [-0.25, -0.2) is 0 Å². The van der Waals surface area contributed by atoms with Crippen LogP contribution in [0, 0.1) is 0 Å². The lowest BCUT2D eigenvalue weighted by Gasteiger charge is -2.30. The maximum atomic E-state index is 2.52. The third kappa shape index (κ3) is 3.60. The summed E-state index contributed by atoms with van der Waals surface area (Å²) >= 11 is 1.89. The lowest BCUT2D eigenvalue weighted by atomic mass is 9.73. The van der Waals surface area contributed by atoms with Gasteiger partial charge in [-0.2, -0.15) is 0 Å². The van der Waals surface area contributed by atoms with E-state index in [2.05, 4.69) is 147 Å². The van der Waals surface area contributed by atoms with Crippen molar-refractivity contribution in [3.8, 4) is 43.1 Å². The molecule has 0 unspecified atom stereocenters. The molecule has 42 heavy (non-hydrogen) atoms. The number of hydrogen-bond acceptors (Lipinski definition) is 1. The van der Waals surface area contributed by atoms with E-state index in [1.54, 1.807) is 0 Å². The Balaban J connectivity index is 1.39. The molecule has 0 fully saturated rings. The summed E-state index contributed by atoms with van der Waals surface area (Å²) < 4.78 is 0. The van der Waals surface area contributed by atoms with Crippen LogP contribution in [0.2, 0.25) is 0 Å². The average molecular weight is 557 g/mol. The van der Waals surface area contributed by atoms with Crippen molar-refractivity contribution < 1.29 is 0 Å². The molecule has 1 heterocycles. The van der Waals surface area contributed by atoms with Crippen LogP contribution < -0.4 is 0 Å². The fourth-order valence-electron chi connectivity index (χ4n) is 7.56. The third-order valence-electron chi connectivity index (χ3n) is 9.61. The molecule has 6 aromatic carbocycles. The molecule has 1 aliphatic rings. The first kappa shape index (κ1) is 25.3. The summed E-state index contributed by atoms with van der Waals surface area (Å²) in [5, 5.41) is 5.26. The van der Waals surface area contributed by atoms with Gasteiger partial charge in [0.05, 0.1) is 0 Å². The molecule has 0 bridgehead atoms. The summed E-state index contributed by atoms with van der Waals surface area (Å²) in [4.78, 5) is 2.62. The molecule has 0 atom stereocenters. The van der Waals surface area contributed by atoms with Gasteiger partial charge in [0.25, 0.3) is 0 Å². The average Bonchev–Trinajstić information content (AvgIpc) is 3.65. The fourth-order valence-corrected chi connectivity index (χ4v) is 8.64. The molecule has 0 saturated heterocycles. The first-order valence-corrected chi connectivity index (χ1v) is 15.9. The summed E-state index contributed by atoms with van der Waals surface area (Å²) in [6.45, 7) is 4.71.